The highest BCUT2D eigenvalue weighted by molar-refractivity contribution is 6.05. The van der Waals surface area contributed by atoms with Crippen LogP contribution < -0.4 is 10.2 Å². The van der Waals surface area contributed by atoms with Gasteiger partial charge in [-0.25, -0.2) is 4.39 Å². The van der Waals surface area contributed by atoms with Gasteiger partial charge in [-0.15, -0.1) is 0 Å². The summed E-state index contributed by atoms with van der Waals surface area (Å²) < 4.78 is 20.6. The number of anilines is 2. The lowest BCUT2D eigenvalue weighted by molar-refractivity contribution is 0.102. The fourth-order valence-electron chi connectivity index (χ4n) is 3.76. The number of halogens is 1. The Kier molecular flexibility index (Phi) is 5.36. The van der Waals surface area contributed by atoms with Crippen molar-refractivity contribution in [3.63, 3.8) is 0 Å². The van der Waals surface area contributed by atoms with Crippen molar-refractivity contribution in [3.05, 3.63) is 77.4 Å². The van der Waals surface area contributed by atoms with E-state index in [2.05, 4.69) is 10.2 Å². The number of aromatic nitrogens is 1. The van der Waals surface area contributed by atoms with Gasteiger partial charge in [0, 0.05) is 41.5 Å². The van der Waals surface area contributed by atoms with Crippen LogP contribution in [0.25, 0.3) is 5.69 Å². The summed E-state index contributed by atoms with van der Waals surface area (Å²) in [4.78, 5) is 15.1. The molecule has 2 heterocycles. The van der Waals surface area contributed by atoms with Gasteiger partial charge in [-0.05, 0) is 68.4 Å². The highest BCUT2D eigenvalue weighted by Gasteiger charge is 2.17. The third-order valence-electron chi connectivity index (χ3n) is 5.26. The molecule has 0 saturated carbocycles. The number of rotatable bonds is 4. The third-order valence-corrected chi connectivity index (χ3v) is 5.26. The number of nitrogens with one attached hydrogen (secondary N) is 1. The van der Waals surface area contributed by atoms with Crippen LogP contribution >= 0.6 is 0 Å². The molecule has 4 rings (SSSR count). The lowest BCUT2D eigenvalue weighted by Gasteiger charge is -2.28. The summed E-state index contributed by atoms with van der Waals surface area (Å²) in [6.07, 6.45) is 0. The first-order chi connectivity index (χ1) is 14.0. The Labute approximate surface area is 169 Å². The summed E-state index contributed by atoms with van der Waals surface area (Å²) in [6.45, 7) is 7.06. The summed E-state index contributed by atoms with van der Waals surface area (Å²) in [6, 6.07) is 16.0. The number of amides is 1. The predicted octanol–water partition coefficient (Wildman–Crippen LogP) is 4.32. The van der Waals surface area contributed by atoms with Crippen LogP contribution in [0.5, 0.6) is 0 Å². The van der Waals surface area contributed by atoms with E-state index in [1.165, 1.54) is 12.1 Å². The van der Waals surface area contributed by atoms with E-state index in [4.69, 9.17) is 4.74 Å². The molecule has 1 N–H and O–H groups in total. The molecule has 1 amide bonds. The molecule has 0 bridgehead atoms. The summed E-state index contributed by atoms with van der Waals surface area (Å²) in [5.41, 5.74) is 5.04. The molecule has 0 aliphatic carbocycles. The average Bonchev–Trinajstić information content (AvgIpc) is 3.04. The van der Waals surface area contributed by atoms with Crippen molar-refractivity contribution >= 4 is 17.3 Å². The molecule has 0 atom stereocenters. The zero-order valence-electron chi connectivity index (χ0n) is 16.6. The van der Waals surface area contributed by atoms with Crippen molar-refractivity contribution in [3.8, 4) is 5.69 Å². The second-order valence-electron chi connectivity index (χ2n) is 7.20. The lowest BCUT2D eigenvalue weighted by atomic mass is 10.2. The Bertz CT molecular complexity index is 1000. The molecule has 1 fully saturated rings. The van der Waals surface area contributed by atoms with Gasteiger partial charge in [-0.2, -0.15) is 0 Å². The Balaban J connectivity index is 1.51. The maximum atomic E-state index is 13.2. The highest BCUT2D eigenvalue weighted by atomic mass is 19.1. The number of hydrogen-bond donors (Lipinski definition) is 1. The van der Waals surface area contributed by atoms with Crippen molar-refractivity contribution in [2.45, 2.75) is 13.8 Å². The van der Waals surface area contributed by atoms with E-state index >= 15 is 0 Å². The first-order valence-corrected chi connectivity index (χ1v) is 9.72. The molecule has 1 aliphatic rings. The van der Waals surface area contributed by atoms with Crippen LogP contribution in [0.1, 0.15) is 21.7 Å². The quantitative estimate of drug-likeness (QED) is 0.718. The largest absolute Gasteiger partial charge is 0.378 e. The molecule has 1 aliphatic heterocycles. The molecule has 29 heavy (non-hydrogen) atoms. The fraction of sp³-hybridized carbons (Fsp3) is 0.261. The van der Waals surface area contributed by atoms with E-state index in [-0.39, 0.29) is 11.7 Å². The number of carbonyl (C=O) groups excluding carboxylic acids is 1. The van der Waals surface area contributed by atoms with E-state index in [0.717, 1.165) is 54.8 Å². The Hall–Kier alpha value is -3.12. The summed E-state index contributed by atoms with van der Waals surface area (Å²) in [7, 11) is 0. The molecule has 0 spiro atoms. The first kappa shape index (κ1) is 19.2. The number of hydrogen-bond acceptors (Lipinski definition) is 3. The summed E-state index contributed by atoms with van der Waals surface area (Å²) >= 11 is 0. The molecule has 150 valence electrons. The van der Waals surface area contributed by atoms with Gasteiger partial charge in [0.25, 0.3) is 5.91 Å². The molecule has 0 radical (unpaired) electrons. The SMILES string of the molecule is Cc1cc(C(=O)Nc2ccc(N3CCOCC3)cc2)c(C)n1-c1ccc(F)cc1. The smallest absolute Gasteiger partial charge is 0.257 e. The number of nitrogens with zero attached hydrogens (tertiary/aromatic N) is 2. The second-order valence-corrected chi connectivity index (χ2v) is 7.20. The molecule has 0 unspecified atom stereocenters. The zero-order valence-corrected chi connectivity index (χ0v) is 16.6. The van der Waals surface area contributed by atoms with Gasteiger partial charge in [-0.3, -0.25) is 4.79 Å². The molecule has 2 aromatic carbocycles. The molecule has 1 saturated heterocycles. The van der Waals surface area contributed by atoms with Crippen LogP contribution in [0.4, 0.5) is 15.8 Å². The third kappa shape index (κ3) is 4.03. The fourth-order valence-corrected chi connectivity index (χ4v) is 3.76. The molecule has 3 aromatic rings. The van der Waals surface area contributed by atoms with E-state index in [1.807, 2.05) is 48.7 Å². The Morgan fingerprint density at radius 1 is 0.966 bits per heavy atom. The van der Waals surface area contributed by atoms with E-state index in [9.17, 15) is 9.18 Å². The van der Waals surface area contributed by atoms with E-state index in [0.29, 0.717) is 5.56 Å². The minimum absolute atomic E-state index is 0.161. The molecule has 5 nitrogen and oxygen atoms in total. The normalized spacial score (nSPS) is 14.1. The van der Waals surface area contributed by atoms with Gasteiger partial charge in [-0.1, -0.05) is 0 Å². The monoisotopic (exact) mass is 393 g/mol. The van der Waals surface area contributed by atoms with Crippen molar-refractivity contribution in [1.29, 1.82) is 0 Å². The minimum Gasteiger partial charge on any atom is -0.378 e. The van der Waals surface area contributed by atoms with Crippen molar-refractivity contribution in [2.24, 2.45) is 0 Å². The van der Waals surface area contributed by atoms with Crippen LogP contribution in [0.2, 0.25) is 0 Å². The van der Waals surface area contributed by atoms with Crippen LogP contribution in [-0.2, 0) is 4.74 Å². The van der Waals surface area contributed by atoms with E-state index in [1.54, 1.807) is 12.1 Å². The summed E-state index contributed by atoms with van der Waals surface area (Å²) in [5.74, 6) is -0.444. The van der Waals surface area contributed by atoms with Gasteiger partial charge in [0.2, 0.25) is 0 Å². The number of aryl methyl sites for hydroxylation is 1. The standard InChI is InChI=1S/C23H24FN3O2/c1-16-15-22(17(2)27(16)21-7-3-18(24)4-8-21)23(28)25-19-5-9-20(10-6-19)26-11-13-29-14-12-26/h3-10,15H,11-14H2,1-2H3,(H,25,28). The first-order valence-electron chi connectivity index (χ1n) is 9.72. The van der Waals surface area contributed by atoms with Gasteiger partial charge in [0.05, 0.1) is 18.8 Å². The summed E-state index contributed by atoms with van der Waals surface area (Å²) in [5, 5.41) is 2.97. The lowest BCUT2D eigenvalue weighted by Crippen LogP contribution is -2.36. The highest BCUT2D eigenvalue weighted by Crippen LogP contribution is 2.23. The second kappa shape index (κ2) is 8.09. The molecular weight excluding hydrogens is 369 g/mol. The van der Waals surface area contributed by atoms with E-state index < -0.39 is 0 Å². The van der Waals surface area contributed by atoms with Crippen molar-refractivity contribution in [2.75, 3.05) is 36.5 Å². The van der Waals surface area contributed by atoms with Gasteiger partial charge in [0.15, 0.2) is 0 Å². The van der Waals surface area contributed by atoms with Crippen LogP contribution in [0, 0.1) is 19.7 Å². The van der Waals surface area contributed by atoms with Gasteiger partial charge in [0.1, 0.15) is 5.82 Å². The Morgan fingerprint density at radius 2 is 1.59 bits per heavy atom. The number of carbonyl (C=O) groups is 1. The Morgan fingerprint density at radius 3 is 2.24 bits per heavy atom. The van der Waals surface area contributed by atoms with Crippen molar-refractivity contribution < 1.29 is 13.9 Å². The number of ether oxygens (including phenoxy) is 1. The predicted molar refractivity (Wildman–Crippen MR) is 113 cm³/mol. The maximum Gasteiger partial charge on any atom is 0.257 e. The average molecular weight is 393 g/mol. The molecular formula is C23H24FN3O2. The van der Waals surface area contributed by atoms with Crippen LogP contribution in [0.15, 0.2) is 54.6 Å². The van der Waals surface area contributed by atoms with Crippen molar-refractivity contribution in [1.82, 2.24) is 4.57 Å². The van der Waals surface area contributed by atoms with Gasteiger partial charge < -0.3 is 19.5 Å². The zero-order chi connectivity index (χ0) is 20.4. The maximum absolute atomic E-state index is 13.2. The van der Waals surface area contributed by atoms with Crippen LogP contribution in [-0.4, -0.2) is 36.8 Å². The number of benzene rings is 2. The number of morpholine rings is 1. The van der Waals surface area contributed by atoms with Gasteiger partial charge >= 0.3 is 0 Å². The topological polar surface area (TPSA) is 46.5 Å². The minimum atomic E-state index is -0.283. The van der Waals surface area contributed by atoms with Crippen LogP contribution in [0.3, 0.4) is 0 Å². The molecule has 1 aromatic heterocycles. The molecule has 6 heteroatoms.